The van der Waals surface area contributed by atoms with Crippen LogP contribution in [0.3, 0.4) is 0 Å². The van der Waals surface area contributed by atoms with Crippen molar-refractivity contribution in [3.63, 3.8) is 0 Å². The van der Waals surface area contributed by atoms with Crippen LogP contribution in [0.4, 0.5) is 4.39 Å². The number of hydrogen-bond acceptors (Lipinski definition) is 2. The second kappa shape index (κ2) is 5.90. The van der Waals surface area contributed by atoms with E-state index < -0.39 is 11.9 Å². The van der Waals surface area contributed by atoms with Gasteiger partial charge in [0.1, 0.15) is 6.10 Å². The van der Waals surface area contributed by atoms with E-state index in [4.69, 9.17) is 16.3 Å². The van der Waals surface area contributed by atoms with Gasteiger partial charge in [-0.2, -0.15) is 0 Å². The van der Waals surface area contributed by atoms with Crippen LogP contribution < -0.4 is 4.74 Å². The second-order valence-corrected chi connectivity index (χ2v) is 5.25. The summed E-state index contributed by atoms with van der Waals surface area (Å²) in [4.78, 5) is 0. The Morgan fingerprint density at radius 3 is 2.58 bits per heavy atom. The van der Waals surface area contributed by atoms with E-state index in [0.717, 1.165) is 0 Å². The lowest BCUT2D eigenvalue weighted by atomic mass is 10.0. The lowest BCUT2D eigenvalue weighted by molar-refractivity contribution is 0.218. The quantitative estimate of drug-likeness (QED) is 0.897. The van der Waals surface area contributed by atoms with Crippen LogP contribution in [0, 0.1) is 5.82 Å². The van der Waals surface area contributed by atoms with Gasteiger partial charge in [0.2, 0.25) is 0 Å². The first kappa shape index (κ1) is 14.3. The monoisotopic (exact) mass is 344 g/mol. The van der Waals surface area contributed by atoms with E-state index in [1.54, 1.807) is 24.3 Å². The number of ether oxygens (including phenoxy) is 1. The van der Waals surface area contributed by atoms with E-state index in [0.29, 0.717) is 20.6 Å². The molecular formula is C14H11BrClFO2. The standard InChI is InChI=1S/C14H11BrClFO2/c1-19-13-5-2-8(6-12(13)17)14(18)10-4-3-9(16)7-11(10)15/h2-7,14,18H,1H3. The number of aliphatic hydroxyl groups excluding tert-OH is 1. The van der Waals surface area contributed by atoms with Crippen molar-refractivity contribution in [1.29, 1.82) is 0 Å². The fourth-order valence-corrected chi connectivity index (χ4v) is 2.66. The first-order valence-electron chi connectivity index (χ1n) is 5.49. The molecule has 0 aromatic heterocycles. The molecule has 0 radical (unpaired) electrons. The maximum absolute atomic E-state index is 13.6. The average molecular weight is 346 g/mol. The third-order valence-electron chi connectivity index (χ3n) is 2.75. The minimum absolute atomic E-state index is 0.145. The predicted octanol–water partition coefficient (Wildman–Crippen LogP) is 4.33. The van der Waals surface area contributed by atoms with Crippen molar-refractivity contribution in [3.05, 3.63) is 62.8 Å². The maximum atomic E-state index is 13.6. The number of aliphatic hydroxyl groups is 1. The molecule has 5 heteroatoms. The van der Waals surface area contributed by atoms with Gasteiger partial charge in [-0.1, -0.05) is 39.7 Å². The van der Waals surface area contributed by atoms with Crippen LogP contribution in [-0.2, 0) is 0 Å². The molecule has 1 atom stereocenters. The Bertz CT molecular complexity index is 604. The molecule has 0 heterocycles. The Labute approximate surface area is 123 Å². The predicted molar refractivity (Wildman–Crippen MR) is 76.2 cm³/mol. The molecule has 0 fully saturated rings. The van der Waals surface area contributed by atoms with Crippen molar-refractivity contribution in [2.24, 2.45) is 0 Å². The molecule has 0 aliphatic rings. The summed E-state index contributed by atoms with van der Waals surface area (Å²) in [5, 5.41) is 10.8. The van der Waals surface area contributed by atoms with Gasteiger partial charge >= 0.3 is 0 Å². The van der Waals surface area contributed by atoms with E-state index in [-0.39, 0.29) is 5.75 Å². The molecule has 2 aromatic rings. The van der Waals surface area contributed by atoms with Crippen LogP contribution in [0.2, 0.25) is 5.02 Å². The van der Waals surface area contributed by atoms with Crippen LogP contribution in [0.5, 0.6) is 5.75 Å². The van der Waals surface area contributed by atoms with Crippen molar-refractivity contribution in [2.45, 2.75) is 6.10 Å². The lowest BCUT2D eigenvalue weighted by Gasteiger charge is -2.14. The summed E-state index contributed by atoms with van der Waals surface area (Å²) in [7, 11) is 1.39. The van der Waals surface area contributed by atoms with Crippen molar-refractivity contribution in [1.82, 2.24) is 0 Å². The van der Waals surface area contributed by atoms with Gasteiger partial charge in [0.25, 0.3) is 0 Å². The SMILES string of the molecule is COc1ccc(C(O)c2ccc(Cl)cc2Br)cc1F. The van der Waals surface area contributed by atoms with E-state index in [2.05, 4.69) is 15.9 Å². The van der Waals surface area contributed by atoms with Crippen LogP contribution in [0.15, 0.2) is 40.9 Å². The van der Waals surface area contributed by atoms with E-state index in [9.17, 15) is 9.50 Å². The number of hydrogen-bond donors (Lipinski definition) is 1. The summed E-state index contributed by atoms with van der Waals surface area (Å²) >= 11 is 9.17. The van der Waals surface area contributed by atoms with Crippen molar-refractivity contribution in [3.8, 4) is 5.75 Å². The van der Waals surface area contributed by atoms with Crippen LogP contribution in [0.25, 0.3) is 0 Å². The summed E-state index contributed by atoms with van der Waals surface area (Å²) in [5.74, 6) is -0.366. The van der Waals surface area contributed by atoms with Gasteiger partial charge in [0, 0.05) is 9.50 Å². The lowest BCUT2D eigenvalue weighted by Crippen LogP contribution is -2.02. The summed E-state index contributed by atoms with van der Waals surface area (Å²) < 4.78 is 19.1. The highest BCUT2D eigenvalue weighted by molar-refractivity contribution is 9.10. The zero-order chi connectivity index (χ0) is 14.0. The van der Waals surface area contributed by atoms with Crippen LogP contribution in [-0.4, -0.2) is 12.2 Å². The molecule has 0 spiro atoms. The summed E-state index contributed by atoms with van der Waals surface area (Å²) in [5.41, 5.74) is 1.07. The summed E-state index contributed by atoms with van der Waals surface area (Å²) in [6.45, 7) is 0. The molecule has 19 heavy (non-hydrogen) atoms. The first-order chi connectivity index (χ1) is 9.02. The fraction of sp³-hybridized carbons (Fsp3) is 0.143. The molecule has 0 bridgehead atoms. The number of benzene rings is 2. The number of rotatable bonds is 3. The highest BCUT2D eigenvalue weighted by Gasteiger charge is 2.16. The number of halogens is 3. The van der Waals surface area contributed by atoms with Crippen LogP contribution in [0.1, 0.15) is 17.2 Å². The molecular weight excluding hydrogens is 335 g/mol. The fourth-order valence-electron chi connectivity index (χ4n) is 1.76. The summed E-state index contributed by atoms with van der Waals surface area (Å²) in [6.07, 6.45) is -0.938. The topological polar surface area (TPSA) is 29.5 Å². The second-order valence-electron chi connectivity index (χ2n) is 3.96. The average Bonchev–Trinajstić information content (AvgIpc) is 2.38. The minimum atomic E-state index is -0.938. The van der Waals surface area contributed by atoms with Crippen molar-refractivity contribution >= 4 is 27.5 Å². The van der Waals surface area contributed by atoms with Gasteiger partial charge in [-0.25, -0.2) is 4.39 Å². The van der Waals surface area contributed by atoms with Gasteiger partial charge in [-0.05, 0) is 35.4 Å². The third-order valence-corrected chi connectivity index (χ3v) is 3.67. The zero-order valence-corrected chi connectivity index (χ0v) is 12.4. The molecule has 0 amide bonds. The zero-order valence-electron chi connectivity index (χ0n) is 10.0. The molecule has 0 saturated heterocycles. The molecule has 2 nitrogen and oxygen atoms in total. The normalized spacial score (nSPS) is 12.3. The van der Waals surface area contributed by atoms with E-state index >= 15 is 0 Å². The largest absolute Gasteiger partial charge is 0.494 e. The molecule has 0 aliphatic carbocycles. The molecule has 2 rings (SSSR count). The Morgan fingerprint density at radius 1 is 1.26 bits per heavy atom. The van der Waals surface area contributed by atoms with Gasteiger partial charge < -0.3 is 9.84 Å². The van der Waals surface area contributed by atoms with Crippen LogP contribution >= 0.6 is 27.5 Å². The Morgan fingerprint density at radius 2 is 2.00 bits per heavy atom. The van der Waals surface area contributed by atoms with E-state index in [1.165, 1.54) is 19.2 Å². The maximum Gasteiger partial charge on any atom is 0.165 e. The summed E-state index contributed by atoms with van der Waals surface area (Å²) in [6, 6.07) is 9.40. The van der Waals surface area contributed by atoms with Crippen molar-refractivity contribution in [2.75, 3.05) is 7.11 Å². The highest BCUT2D eigenvalue weighted by atomic mass is 79.9. The molecule has 100 valence electrons. The highest BCUT2D eigenvalue weighted by Crippen LogP contribution is 2.32. The molecule has 0 saturated carbocycles. The molecule has 2 aromatic carbocycles. The van der Waals surface area contributed by atoms with Gasteiger partial charge in [-0.3, -0.25) is 0 Å². The van der Waals surface area contributed by atoms with E-state index in [1.807, 2.05) is 0 Å². The first-order valence-corrected chi connectivity index (χ1v) is 6.66. The van der Waals surface area contributed by atoms with Gasteiger partial charge in [0.15, 0.2) is 11.6 Å². The molecule has 0 aliphatic heterocycles. The third kappa shape index (κ3) is 3.08. The Hall–Kier alpha value is -1.10. The van der Waals surface area contributed by atoms with Crippen molar-refractivity contribution < 1.29 is 14.2 Å². The van der Waals surface area contributed by atoms with Gasteiger partial charge in [0.05, 0.1) is 7.11 Å². The molecule has 1 unspecified atom stereocenters. The Balaban J connectivity index is 2.38. The minimum Gasteiger partial charge on any atom is -0.494 e. The molecule has 1 N–H and O–H groups in total. The smallest absolute Gasteiger partial charge is 0.165 e. The number of methoxy groups -OCH3 is 1. The van der Waals surface area contributed by atoms with Gasteiger partial charge in [-0.15, -0.1) is 0 Å². The Kier molecular flexibility index (Phi) is 4.45.